The van der Waals surface area contributed by atoms with E-state index in [0.29, 0.717) is 16.8 Å². The maximum Gasteiger partial charge on any atom is 0.251 e. The van der Waals surface area contributed by atoms with E-state index in [1.54, 1.807) is 43.4 Å². The number of benzene rings is 3. The minimum absolute atomic E-state index is 0.0743. The van der Waals surface area contributed by atoms with Crippen molar-refractivity contribution in [2.24, 2.45) is 0 Å². The zero-order valence-electron chi connectivity index (χ0n) is 16.1. The molecule has 2 N–H and O–H groups in total. The summed E-state index contributed by atoms with van der Waals surface area (Å²) in [5.74, 6) is -0.506. The summed E-state index contributed by atoms with van der Waals surface area (Å²) in [4.78, 5) is 36.0. The Balaban J connectivity index is 1.52. The van der Waals surface area contributed by atoms with E-state index >= 15 is 0 Å². The zero-order chi connectivity index (χ0) is 20.6. The number of Topliss-reactive ketones (excluding diaryl/α,β-unsaturated/α-hetero) is 1. The van der Waals surface area contributed by atoms with Gasteiger partial charge in [0, 0.05) is 36.7 Å². The Hall–Kier alpha value is -3.73. The smallest absolute Gasteiger partial charge is 0.251 e. The summed E-state index contributed by atoms with van der Waals surface area (Å²) in [6.45, 7) is 0. The fraction of sp³-hybridized carbons (Fsp3) is 0.125. The van der Waals surface area contributed by atoms with Crippen molar-refractivity contribution in [3.8, 4) is 11.1 Å². The predicted octanol–water partition coefficient (Wildman–Crippen LogP) is 4.31. The average molecular weight is 386 g/mol. The van der Waals surface area contributed by atoms with Gasteiger partial charge in [0.2, 0.25) is 5.91 Å². The van der Waals surface area contributed by atoms with Crippen LogP contribution in [0.4, 0.5) is 5.69 Å². The van der Waals surface area contributed by atoms with E-state index < -0.39 is 0 Å². The lowest BCUT2D eigenvalue weighted by Gasteiger charge is -2.07. The molecular formula is C24H22N2O3. The third-order valence-electron chi connectivity index (χ3n) is 4.55. The maximum absolute atomic E-state index is 12.4. The quantitative estimate of drug-likeness (QED) is 0.594. The van der Waals surface area contributed by atoms with Crippen LogP contribution < -0.4 is 10.6 Å². The number of nitrogens with one attached hydrogen (secondary N) is 2. The summed E-state index contributed by atoms with van der Waals surface area (Å²) in [5.41, 5.74) is 3.82. The van der Waals surface area contributed by atoms with Gasteiger partial charge in [-0.25, -0.2) is 0 Å². The van der Waals surface area contributed by atoms with E-state index in [0.717, 1.165) is 11.1 Å². The Morgan fingerprint density at radius 2 is 1.28 bits per heavy atom. The highest BCUT2D eigenvalue weighted by Gasteiger charge is 2.10. The highest BCUT2D eigenvalue weighted by atomic mass is 16.2. The van der Waals surface area contributed by atoms with Gasteiger partial charge in [0.05, 0.1) is 0 Å². The Bertz CT molecular complexity index is 995. The molecule has 0 saturated carbocycles. The Kier molecular flexibility index (Phi) is 6.53. The summed E-state index contributed by atoms with van der Waals surface area (Å²) in [6, 6.07) is 23.9. The van der Waals surface area contributed by atoms with Crippen molar-refractivity contribution >= 4 is 23.3 Å². The van der Waals surface area contributed by atoms with E-state index in [-0.39, 0.29) is 30.4 Å². The van der Waals surface area contributed by atoms with Crippen molar-refractivity contribution in [2.45, 2.75) is 12.8 Å². The van der Waals surface area contributed by atoms with Crippen LogP contribution in [0.2, 0.25) is 0 Å². The van der Waals surface area contributed by atoms with Gasteiger partial charge in [-0.1, -0.05) is 54.6 Å². The summed E-state index contributed by atoms with van der Waals surface area (Å²) in [6.07, 6.45) is 0.226. The Labute approximate surface area is 169 Å². The summed E-state index contributed by atoms with van der Waals surface area (Å²) >= 11 is 0. The SMILES string of the molecule is CNC(=O)c1ccc(NC(=O)CCC(=O)c2ccc(-c3ccccc3)cc2)cc1. The number of hydrogen-bond donors (Lipinski definition) is 2. The van der Waals surface area contributed by atoms with Crippen molar-refractivity contribution < 1.29 is 14.4 Å². The number of carbonyl (C=O) groups excluding carboxylic acids is 3. The normalized spacial score (nSPS) is 10.2. The molecule has 0 saturated heterocycles. The highest BCUT2D eigenvalue weighted by Crippen LogP contribution is 2.20. The van der Waals surface area contributed by atoms with Gasteiger partial charge in [-0.15, -0.1) is 0 Å². The highest BCUT2D eigenvalue weighted by molar-refractivity contribution is 6.00. The van der Waals surface area contributed by atoms with Crippen LogP contribution in [0.3, 0.4) is 0 Å². The van der Waals surface area contributed by atoms with Crippen LogP contribution in [0, 0.1) is 0 Å². The van der Waals surface area contributed by atoms with Crippen molar-refractivity contribution in [3.05, 3.63) is 90.0 Å². The number of anilines is 1. The van der Waals surface area contributed by atoms with Gasteiger partial charge in [0.25, 0.3) is 5.91 Å². The molecule has 0 aliphatic heterocycles. The van der Waals surface area contributed by atoms with Crippen LogP contribution in [0.1, 0.15) is 33.6 Å². The molecule has 0 aliphatic carbocycles. The first-order valence-electron chi connectivity index (χ1n) is 9.37. The van der Waals surface area contributed by atoms with Crippen LogP contribution in [-0.4, -0.2) is 24.6 Å². The molecule has 29 heavy (non-hydrogen) atoms. The molecule has 146 valence electrons. The second-order valence-corrected chi connectivity index (χ2v) is 6.57. The molecule has 0 radical (unpaired) electrons. The molecular weight excluding hydrogens is 364 g/mol. The maximum atomic E-state index is 12.4. The van der Waals surface area contributed by atoms with E-state index in [1.165, 1.54) is 0 Å². The lowest BCUT2D eigenvalue weighted by molar-refractivity contribution is -0.116. The van der Waals surface area contributed by atoms with Gasteiger partial charge in [-0.05, 0) is 35.4 Å². The van der Waals surface area contributed by atoms with Crippen molar-refractivity contribution in [1.29, 1.82) is 0 Å². The summed E-state index contributed by atoms with van der Waals surface area (Å²) in [7, 11) is 1.56. The van der Waals surface area contributed by atoms with Crippen LogP contribution in [0.25, 0.3) is 11.1 Å². The molecule has 0 spiro atoms. The lowest BCUT2D eigenvalue weighted by Crippen LogP contribution is -2.18. The third-order valence-corrected chi connectivity index (χ3v) is 4.55. The van der Waals surface area contributed by atoms with Gasteiger partial charge >= 0.3 is 0 Å². The van der Waals surface area contributed by atoms with Crippen LogP contribution >= 0.6 is 0 Å². The molecule has 0 aromatic heterocycles. The standard InChI is InChI=1S/C24H22N2O3/c1-25-24(29)20-11-13-21(14-12-20)26-23(28)16-15-22(27)19-9-7-18(8-10-19)17-5-3-2-4-6-17/h2-14H,15-16H2,1H3,(H,25,29)(H,26,28). The molecule has 0 fully saturated rings. The number of amides is 2. The van der Waals surface area contributed by atoms with Gasteiger partial charge in [-0.2, -0.15) is 0 Å². The first-order chi connectivity index (χ1) is 14.1. The van der Waals surface area contributed by atoms with Crippen LogP contribution in [0.15, 0.2) is 78.9 Å². The van der Waals surface area contributed by atoms with Crippen LogP contribution in [-0.2, 0) is 4.79 Å². The molecule has 3 aromatic rings. The number of hydrogen-bond acceptors (Lipinski definition) is 3. The van der Waals surface area contributed by atoms with Gasteiger partial charge in [0.15, 0.2) is 5.78 Å². The predicted molar refractivity (Wildman–Crippen MR) is 114 cm³/mol. The third kappa shape index (κ3) is 5.39. The van der Waals surface area contributed by atoms with Gasteiger partial charge < -0.3 is 10.6 Å². The molecule has 0 unspecified atom stereocenters. The van der Waals surface area contributed by atoms with Gasteiger partial charge in [-0.3, -0.25) is 14.4 Å². The molecule has 5 heteroatoms. The van der Waals surface area contributed by atoms with E-state index in [2.05, 4.69) is 10.6 Å². The molecule has 3 aromatic carbocycles. The zero-order valence-corrected chi connectivity index (χ0v) is 16.1. The second kappa shape index (κ2) is 9.46. The summed E-state index contributed by atoms with van der Waals surface area (Å²) in [5, 5.41) is 5.28. The van der Waals surface area contributed by atoms with Crippen LogP contribution in [0.5, 0.6) is 0 Å². The molecule has 0 aliphatic rings. The fourth-order valence-electron chi connectivity index (χ4n) is 2.92. The minimum atomic E-state index is -0.244. The van der Waals surface area contributed by atoms with Crippen molar-refractivity contribution in [1.82, 2.24) is 5.32 Å². The number of rotatable bonds is 7. The first kappa shape index (κ1) is 20.0. The topological polar surface area (TPSA) is 75.3 Å². The molecule has 0 heterocycles. The first-order valence-corrected chi connectivity index (χ1v) is 9.37. The second-order valence-electron chi connectivity index (χ2n) is 6.57. The number of ketones is 1. The minimum Gasteiger partial charge on any atom is -0.355 e. The van der Waals surface area contributed by atoms with E-state index in [1.807, 2.05) is 42.5 Å². The Morgan fingerprint density at radius 3 is 1.90 bits per heavy atom. The van der Waals surface area contributed by atoms with Crippen molar-refractivity contribution in [2.75, 3.05) is 12.4 Å². The van der Waals surface area contributed by atoms with E-state index in [9.17, 15) is 14.4 Å². The number of carbonyl (C=O) groups is 3. The largest absolute Gasteiger partial charge is 0.355 e. The lowest BCUT2D eigenvalue weighted by atomic mass is 10.0. The molecule has 5 nitrogen and oxygen atoms in total. The van der Waals surface area contributed by atoms with Crippen molar-refractivity contribution in [3.63, 3.8) is 0 Å². The molecule has 0 atom stereocenters. The average Bonchev–Trinajstić information content (AvgIpc) is 2.78. The Morgan fingerprint density at radius 1 is 0.690 bits per heavy atom. The summed E-state index contributed by atoms with van der Waals surface area (Å²) < 4.78 is 0. The molecule has 0 bridgehead atoms. The monoisotopic (exact) mass is 386 g/mol. The molecule has 2 amide bonds. The van der Waals surface area contributed by atoms with Gasteiger partial charge in [0.1, 0.15) is 0 Å². The molecule has 3 rings (SSSR count). The fourth-order valence-corrected chi connectivity index (χ4v) is 2.92. The van der Waals surface area contributed by atoms with E-state index in [4.69, 9.17) is 0 Å².